The predicted octanol–water partition coefficient (Wildman–Crippen LogP) is 13.2. The molecule has 1 amide bonds. The summed E-state index contributed by atoms with van der Waals surface area (Å²) >= 11 is 0. The van der Waals surface area contributed by atoms with Gasteiger partial charge in [0.1, 0.15) is 36.6 Å². The minimum atomic E-state index is -1.67. The molecule has 0 radical (unpaired) electrons. The zero-order chi connectivity index (χ0) is 53.3. The second kappa shape index (κ2) is 50.9. The lowest BCUT2D eigenvalue weighted by Crippen LogP contribution is -2.60. The summed E-state index contributed by atoms with van der Waals surface area (Å²) < 4.78 is 11.1. The van der Waals surface area contributed by atoms with Gasteiger partial charge in [-0.15, -0.1) is 0 Å². The van der Waals surface area contributed by atoms with E-state index in [1.165, 1.54) is 186 Å². The Kier molecular flexibility index (Phi) is 48.1. The van der Waals surface area contributed by atoms with E-state index in [9.17, 15) is 40.5 Å². The number of aliphatic hydroxyl groups is 7. The van der Waals surface area contributed by atoms with Crippen molar-refractivity contribution in [3.8, 4) is 0 Å². The van der Waals surface area contributed by atoms with Crippen LogP contribution in [0.2, 0.25) is 0 Å². The van der Waals surface area contributed by atoms with Crippen LogP contribution < -0.4 is 5.32 Å². The normalized spacial score (nSPS) is 20.3. The van der Waals surface area contributed by atoms with Gasteiger partial charge in [-0.1, -0.05) is 242 Å². The summed E-state index contributed by atoms with van der Waals surface area (Å²) in [5, 5.41) is 75.6. The van der Waals surface area contributed by atoms with Gasteiger partial charge >= 0.3 is 0 Å². The van der Waals surface area contributed by atoms with Crippen molar-refractivity contribution in [3.05, 3.63) is 48.6 Å². The zero-order valence-corrected chi connectivity index (χ0v) is 46.9. The summed E-state index contributed by atoms with van der Waals surface area (Å²) in [5.74, 6) is -0.713. The van der Waals surface area contributed by atoms with Crippen molar-refractivity contribution in [2.24, 2.45) is 0 Å². The van der Waals surface area contributed by atoms with Gasteiger partial charge in [-0.3, -0.25) is 4.79 Å². The number of unbranched alkanes of at least 4 members (excludes halogenated alkanes) is 33. The number of amides is 1. The predicted molar refractivity (Wildman–Crippen MR) is 302 cm³/mol. The SMILES string of the molecule is C/C=C/CC/C=C/CCCC(O)C(O)C(COC1OC(CO)C(O)C(O)C1O)NC(=O)C(O)CCCCCCCCCCCCCCCCCC/C=C\C/C=C\CCCCCCCCCCCCCCCCC. The van der Waals surface area contributed by atoms with Gasteiger partial charge in [0.05, 0.1) is 25.4 Å². The maximum Gasteiger partial charge on any atom is 0.249 e. The Bertz CT molecular complexity index is 1320. The van der Waals surface area contributed by atoms with Crippen LogP contribution in [0.25, 0.3) is 0 Å². The van der Waals surface area contributed by atoms with Crippen LogP contribution in [0.15, 0.2) is 48.6 Å². The number of allylic oxidation sites excluding steroid dienone is 8. The average molecular weight is 1030 g/mol. The van der Waals surface area contributed by atoms with Gasteiger partial charge < -0.3 is 50.5 Å². The topological polar surface area (TPSA) is 189 Å². The van der Waals surface area contributed by atoms with E-state index >= 15 is 0 Å². The van der Waals surface area contributed by atoms with Gasteiger partial charge in [-0.05, 0) is 77.6 Å². The highest BCUT2D eigenvalue weighted by molar-refractivity contribution is 5.80. The van der Waals surface area contributed by atoms with Crippen LogP contribution in [0, 0.1) is 0 Å². The smallest absolute Gasteiger partial charge is 0.249 e. The van der Waals surface area contributed by atoms with Crippen LogP contribution in [0.3, 0.4) is 0 Å². The van der Waals surface area contributed by atoms with Crippen LogP contribution in [0.4, 0.5) is 0 Å². The van der Waals surface area contributed by atoms with E-state index in [1.807, 2.05) is 19.1 Å². The maximum atomic E-state index is 13.1. The lowest BCUT2D eigenvalue weighted by molar-refractivity contribution is -0.303. The van der Waals surface area contributed by atoms with Crippen LogP contribution in [-0.2, 0) is 14.3 Å². The largest absolute Gasteiger partial charge is 0.394 e. The molecule has 8 N–H and O–H groups in total. The van der Waals surface area contributed by atoms with Crippen molar-refractivity contribution < 1.29 is 50.0 Å². The number of rotatable bonds is 52. The van der Waals surface area contributed by atoms with E-state index in [0.717, 1.165) is 38.5 Å². The molecule has 0 spiro atoms. The summed E-state index contributed by atoms with van der Waals surface area (Å²) in [6.45, 7) is 3.19. The van der Waals surface area contributed by atoms with Crippen molar-refractivity contribution in [1.29, 1.82) is 0 Å². The summed E-state index contributed by atoms with van der Waals surface area (Å²) in [4.78, 5) is 13.1. The molecule has 1 aliphatic rings. The highest BCUT2D eigenvalue weighted by atomic mass is 16.7. The van der Waals surface area contributed by atoms with Crippen molar-refractivity contribution in [2.45, 2.75) is 326 Å². The van der Waals surface area contributed by atoms with Crippen LogP contribution >= 0.6 is 0 Å². The van der Waals surface area contributed by atoms with Gasteiger partial charge in [0.2, 0.25) is 5.91 Å². The van der Waals surface area contributed by atoms with E-state index < -0.39 is 74.2 Å². The molecule has 0 aliphatic carbocycles. The van der Waals surface area contributed by atoms with Crippen molar-refractivity contribution >= 4 is 5.91 Å². The summed E-state index contributed by atoms with van der Waals surface area (Å²) in [6, 6.07) is -1.19. The molecule has 0 aromatic heterocycles. The molecular formula is C62H115NO10. The molecule has 1 aliphatic heterocycles. The van der Waals surface area contributed by atoms with Crippen LogP contribution in [0.1, 0.15) is 271 Å². The fraction of sp³-hybridized carbons (Fsp3) is 0.855. The monoisotopic (exact) mass is 1030 g/mol. The third-order valence-corrected chi connectivity index (χ3v) is 14.7. The molecule has 1 fully saturated rings. The van der Waals surface area contributed by atoms with E-state index in [1.54, 1.807) is 0 Å². The Morgan fingerprint density at radius 3 is 1.38 bits per heavy atom. The van der Waals surface area contributed by atoms with E-state index in [4.69, 9.17) is 9.47 Å². The Labute approximate surface area is 447 Å². The van der Waals surface area contributed by atoms with Gasteiger partial charge in [0, 0.05) is 0 Å². The first-order chi connectivity index (χ1) is 35.7. The highest BCUT2D eigenvalue weighted by Crippen LogP contribution is 2.23. The molecule has 1 saturated heterocycles. The number of nitrogens with one attached hydrogen (secondary N) is 1. The van der Waals surface area contributed by atoms with Crippen LogP contribution in [-0.4, -0.2) is 110 Å². The number of carbonyl (C=O) groups excluding carboxylic acids is 1. The Balaban J connectivity index is 2.07. The highest BCUT2D eigenvalue weighted by Gasteiger charge is 2.44. The fourth-order valence-corrected chi connectivity index (χ4v) is 9.73. The van der Waals surface area contributed by atoms with Gasteiger partial charge in [0.25, 0.3) is 0 Å². The first-order valence-electron chi connectivity index (χ1n) is 30.5. The maximum absolute atomic E-state index is 13.1. The van der Waals surface area contributed by atoms with Gasteiger partial charge in [-0.25, -0.2) is 0 Å². The van der Waals surface area contributed by atoms with Crippen molar-refractivity contribution in [3.63, 3.8) is 0 Å². The molecular weight excluding hydrogens is 919 g/mol. The van der Waals surface area contributed by atoms with Gasteiger partial charge in [0.15, 0.2) is 6.29 Å². The number of hydrogen-bond acceptors (Lipinski definition) is 10. The first kappa shape index (κ1) is 69.1. The van der Waals surface area contributed by atoms with Crippen molar-refractivity contribution in [2.75, 3.05) is 13.2 Å². The number of carbonyl (C=O) groups is 1. The quantitative estimate of drug-likeness (QED) is 0.0215. The standard InChI is InChI=1S/C62H115NO10/c1-3-5-7-9-11-13-14-15-16-17-18-19-20-21-22-23-24-25-26-27-28-29-30-31-32-33-34-35-36-37-38-39-40-41-42-44-46-48-50-55(66)61(71)63-53(52-72-62-60(70)59(69)58(68)56(51-64)73-62)57(67)54(65)49-47-45-43-12-10-8-6-4-2/h4,6,12,24-25,27-28,43,53-60,62,64-70H,3,5,7-11,13-23,26,29-42,44-52H2,1-2H3,(H,63,71)/b6-4+,25-24-,28-27-,43-12+. The Morgan fingerprint density at radius 1 is 0.507 bits per heavy atom. The Morgan fingerprint density at radius 2 is 0.918 bits per heavy atom. The molecule has 0 aromatic rings. The second-order valence-corrected chi connectivity index (χ2v) is 21.4. The zero-order valence-electron chi connectivity index (χ0n) is 46.9. The summed E-state index contributed by atoms with van der Waals surface area (Å²) in [6.07, 6.45) is 54.1. The molecule has 9 atom stereocenters. The Hall–Kier alpha value is -1.93. The molecule has 11 heteroatoms. The molecule has 1 heterocycles. The van der Waals surface area contributed by atoms with Crippen molar-refractivity contribution in [1.82, 2.24) is 5.32 Å². The number of hydrogen-bond donors (Lipinski definition) is 8. The molecule has 9 unspecified atom stereocenters. The average Bonchev–Trinajstić information content (AvgIpc) is 3.39. The number of ether oxygens (including phenoxy) is 2. The fourth-order valence-electron chi connectivity index (χ4n) is 9.73. The first-order valence-corrected chi connectivity index (χ1v) is 30.5. The lowest BCUT2D eigenvalue weighted by Gasteiger charge is -2.40. The second-order valence-electron chi connectivity index (χ2n) is 21.4. The molecule has 11 nitrogen and oxygen atoms in total. The third-order valence-electron chi connectivity index (χ3n) is 14.7. The molecule has 0 bridgehead atoms. The molecule has 73 heavy (non-hydrogen) atoms. The van der Waals surface area contributed by atoms with Gasteiger partial charge in [-0.2, -0.15) is 0 Å². The van der Waals surface area contributed by atoms with E-state index in [0.29, 0.717) is 19.3 Å². The lowest BCUT2D eigenvalue weighted by atomic mass is 9.98. The molecule has 1 rings (SSSR count). The summed E-state index contributed by atoms with van der Waals surface area (Å²) in [5.41, 5.74) is 0. The molecule has 0 saturated carbocycles. The third kappa shape index (κ3) is 39.1. The van der Waals surface area contributed by atoms with E-state index in [-0.39, 0.29) is 12.8 Å². The molecule has 428 valence electrons. The molecule has 0 aromatic carbocycles. The van der Waals surface area contributed by atoms with E-state index in [2.05, 4.69) is 48.7 Å². The summed E-state index contributed by atoms with van der Waals surface area (Å²) in [7, 11) is 0. The minimum absolute atomic E-state index is 0.243. The number of aliphatic hydroxyl groups excluding tert-OH is 7. The minimum Gasteiger partial charge on any atom is -0.394 e. The van der Waals surface area contributed by atoms with Crippen LogP contribution in [0.5, 0.6) is 0 Å².